The maximum atomic E-state index is 12.3. The van der Waals surface area contributed by atoms with Crippen molar-refractivity contribution in [1.29, 1.82) is 0 Å². The summed E-state index contributed by atoms with van der Waals surface area (Å²) in [6.45, 7) is 0. The average molecular weight is 389 g/mol. The van der Waals surface area contributed by atoms with Crippen molar-refractivity contribution in [1.82, 2.24) is 0 Å². The fraction of sp³-hybridized carbons (Fsp3) is 0.588. The van der Waals surface area contributed by atoms with Crippen LogP contribution in [-0.4, -0.2) is 42.4 Å². The summed E-state index contributed by atoms with van der Waals surface area (Å²) in [6.07, 6.45) is 6.83. The zero-order valence-corrected chi connectivity index (χ0v) is 16.3. The molecule has 25 heavy (non-hydrogen) atoms. The highest BCUT2D eigenvalue weighted by Crippen LogP contribution is 2.36. The number of esters is 1. The lowest BCUT2D eigenvalue weighted by Gasteiger charge is -2.20. The number of carbonyl (C=O) groups excluding carboxylic acids is 1. The Labute approximate surface area is 149 Å². The third-order valence-corrected chi connectivity index (χ3v) is 7.12. The molecule has 1 saturated carbocycles. The molecule has 6 nitrogen and oxygen atoms in total. The van der Waals surface area contributed by atoms with Crippen molar-refractivity contribution in [2.24, 2.45) is 5.92 Å². The number of sulfone groups is 2. The van der Waals surface area contributed by atoms with Crippen molar-refractivity contribution in [3.8, 4) is 0 Å². The second-order valence-corrected chi connectivity index (χ2v) is 10.7. The van der Waals surface area contributed by atoms with Gasteiger partial charge < -0.3 is 4.74 Å². The number of ether oxygens (including phenoxy) is 1. The zero-order chi connectivity index (χ0) is 18.8. The molecule has 0 N–H and O–H groups in total. The monoisotopic (exact) mass is 388 g/mol. The fourth-order valence-corrected chi connectivity index (χ4v) is 5.86. The van der Waals surface area contributed by atoms with Crippen molar-refractivity contribution in [2.75, 3.05) is 19.6 Å². The first-order valence-electron chi connectivity index (χ1n) is 8.16. The standard InChI is InChI=1S/C17H24O6S2/c1-23-17(18)14(10-12-6-4-5-7-12)13-8-9-15(24(2,19)20)16(11-13)25(3,21)22/h8-9,11-12,14H,4-7,10H2,1-3H3. The fourth-order valence-electron chi connectivity index (χ4n) is 3.43. The minimum absolute atomic E-state index is 0.247. The maximum absolute atomic E-state index is 12.3. The van der Waals surface area contributed by atoms with E-state index in [1.165, 1.54) is 25.3 Å². The number of methoxy groups -OCH3 is 1. The molecule has 1 aliphatic carbocycles. The molecule has 0 spiro atoms. The van der Waals surface area contributed by atoms with Crippen molar-refractivity contribution >= 4 is 25.6 Å². The Bertz CT molecular complexity index is 849. The van der Waals surface area contributed by atoms with E-state index in [-0.39, 0.29) is 9.79 Å². The third kappa shape index (κ3) is 4.82. The first kappa shape index (κ1) is 19.9. The van der Waals surface area contributed by atoms with Gasteiger partial charge in [-0.25, -0.2) is 16.8 Å². The van der Waals surface area contributed by atoms with Crippen LogP contribution in [0.5, 0.6) is 0 Å². The highest BCUT2D eigenvalue weighted by atomic mass is 32.2. The van der Waals surface area contributed by atoms with E-state index in [1.807, 2.05) is 0 Å². The minimum atomic E-state index is -3.76. The Kier molecular flexibility index (Phi) is 5.93. The van der Waals surface area contributed by atoms with Crippen LogP contribution < -0.4 is 0 Å². The summed E-state index contributed by atoms with van der Waals surface area (Å²) in [4.78, 5) is 11.7. The smallest absolute Gasteiger partial charge is 0.313 e. The van der Waals surface area contributed by atoms with Gasteiger partial charge in [-0.2, -0.15) is 0 Å². The van der Waals surface area contributed by atoms with E-state index in [0.717, 1.165) is 38.2 Å². The molecule has 0 heterocycles. The van der Waals surface area contributed by atoms with Gasteiger partial charge in [-0.1, -0.05) is 31.7 Å². The largest absolute Gasteiger partial charge is 0.469 e. The van der Waals surface area contributed by atoms with Crippen LogP contribution in [-0.2, 0) is 29.2 Å². The predicted octanol–water partition coefficient (Wildman–Crippen LogP) is 2.33. The number of carbonyl (C=O) groups is 1. The number of rotatable bonds is 6. The summed E-state index contributed by atoms with van der Waals surface area (Å²) in [5.74, 6) is -0.638. The second kappa shape index (κ2) is 7.45. The molecule has 0 aromatic heterocycles. The van der Waals surface area contributed by atoms with Crippen LogP contribution in [0, 0.1) is 5.92 Å². The van der Waals surface area contributed by atoms with Crippen LogP contribution in [0.3, 0.4) is 0 Å². The normalized spacial score (nSPS) is 17.4. The molecule has 1 atom stereocenters. The van der Waals surface area contributed by atoms with Crippen LogP contribution in [0.1, 0.15) is 43.6 Å². The Morgan fingerprint density at radius 3 is 2.12 bits per heavy atom. The quantitative estimate of drug-likeness (QED) is 0.694. The third-order valence-electron chi connectivity index (χ3n) is 4.70. The molecule has 0 amide bonds. The van der Waals surface area contributed by atoms with E-state index in [0.29, 0.717) is 17.9 Å². The van der Waals surface area contributed by atoms with Crippen molar-refractivity contribution in [2.45, 2.75) is 47.8 Å². The molecule has 8 heteroatoms. The molecule has 0 radical (unpaired) electrons. The van der Waals surface area contributed by atoms with Gasteiger partial charge in [-0.15, -0.1) is 0 Å². The molecule has 1 aromatic carbocycles. The first-order valence-corrected chi connectivity index (χ1v) is 11.9. The Morgan fingerprint density at radius 2 is 1.64 bits per heavy atom. The Hall–Kier alpha value is -1.41. The van der Waals surface area contributed by atoms with Gasteiger partial charge in [-0.05, 0) is 30.0 Å². The van der Waals surface area contributed by atoms with Gasteiger partial charge in [-0.3, -0.25) is 4.79 Å². The van der Waals surface area contributed by atoms with Crippen molar-refractivity contribution in [3.63, 3.8) is 0 Å². The van der Waals surface area contributed by atoms with Crippen LogP contribution in [0.15, 0.2) is 28.0 Å². The first-order chi connectivity index (χ1) is 11.5. The van der Waals surface area contributed by atoms with Crippen LogP contribution in [0.25, 0.3) is 0 Å². The van der Waals surface area contributed by atoms with Gasteiger partial charge in [0.25, 0.3) is 0 Å². The highest BCUT2D eigenvalue weighted by molar-refractivity contribution is 7.93. The van der Waals surface area contributed by atoms with Crippen LogP contribution in [0.4, 0.5) is 0 Å². The molecule has 140 valence electrons. The molecule has 1 fully saturated rings. The topological polar surface area (TPSA) is 94.6 Å². The lowest BCUT2D eigenvalue weighted by Crippen LogP contribution is -2.18. The molecule has 1 unspecified atom stereocenters. The van der Waals surface area contributed by atoms with E-state index in [1.54, 1.807) is 0 Å². The molecule has 1 aromatic rings. The maximum Gasteiger partial charge on any atom is 0.313 e. The summed E-state index contributed by atoms with van der Waals surface area (Å²) < 4.78 is 52.8. The summed E-state index contributed by atoms with van der Waals surface area (Å²) in [5, 5.41) is 0. The van der Waals surface area contributed by atoms with Gasteiger partial charge in [0, 0.05) is 12.5 Å². The van der Waals surface area contributed by atoms with Gasteiger partial charge in [0.05, 0.1) is 22.8 Å². The molecular weight excluding hydrogens is 364 g/mol. The zero-order valence-electron chi connectivity index (χ0n) is 14.7. The molecule has 0 aliphatic heterocycles. The molecule has 0 saturated heterocycles. The molecule has 2 rings (SSSR count). The Morgan fingerprint density at radius 1 is 1.08 bits per heavy atom. The number of benzene rings is 1. The van der Waals surface area contributed by atoms with Gasteiger partial charge in [0.1, 0.15) is 0 Å². The van der Waals surface area contributed by atoms with Crippen LogP contribution >= 0.6 is 0 Å². The summed E-state index contributed by atoms with van der Waals surface area (Å²) in [6, 6.07) is 4.09. The minimum Gasteiger partial charge on any atom is -0.469 e. The van der Waals surface area contributed by atoms with E-state index in [9.17, 15) is 21.6 Å². The predicted molar refractivity (Wildman–Crippen MR) is 94.0 cm³/mol. The van der Waals surface area contributed by atoms with Crippen LogP contribution in [0.2, 0.25) is 0 Å². The number of hydrogen-bond donors (Lipinski definition) is 0. The average Bonchev–Trinajstić information content (AvgIpc) is 3.02. The van der Waals surface area contributed by atoms with Gasteiger partial charge in [0.2, 0.25) is 0 Å². The summed E-state index contributed by atoms with van der Waals surface area (Å²) in [5.41, 5.74) is 0.478. The lowest BCUT2D eigenvalue weighted by molar-refractivity contribution is -0.142. The second-order valence-electron chi connectivity index (χ2n) is 6.71. The van der Waals surface area contributed by atoms with E-state index in [2.05, 4.69) is 0 Å². The Balaban J connectivity index is 2.52. The summed E-state index contributed by atoms with van der Waals surface area (Å²) in [7, 11) is -6.17. The SMILES string of the molecule is COC(=O)C(CC1CCCC1)c1ccc(S(C)(=O)=O)c(S(C)(=O)=O)c1. The van der Waals surface area contributed by atoms with Crippen molar-refractivity contribution in [3.05, 3.63) is 23.8 Å². The van der Waals surface area contributed by atoms with E-state index >= 15 is 0 Å². The van der Waals surface area contributed by atoms with E-state index in [4.69, 9.17) is 4.74 Å². The van der Waals surface area contributed by atoms with Crippen molar-refractivity contribution < 1.29 is 26.4 Å². The van der Waals surface area contributed by atoms with Gasteiger partial charge >= 0.3 is 5.97 Å². The molecule has 1 aliphatic rings. The molecule has 0 bridgehead atoms. The van der Waals surface area contributed by atoms with Gasteiger partial charge in [0.15, 0.2) is 19.7 Å². The lowest BCUT2D eigenvalue weighted by atomic mass is 9.88. The number of hydrogen-bond acceptors (Lipinski definition) is 6. The summed E-state index contributed by atoms with van der Waals surface area (Å²) >= 11 is 0. The highest BCUT2D eigenvalue weighted by Gasteiger charge is 2.30. The van der Waals surface area contributed by atoms with E-state index < -0.39 is 31.6 Å². The molecular formula is C17H24O6S2.